The molecule has 0 aliphatic carbocycles. The number of nitrogens with zero attached hydrogens (tertiary/aromatic N) is 1. The van der Waals surface area contributed by atoms with Crippen molar-refractivity contribution < 1.29 is 13.6 Å². The second kappa shape index (κ2) is 4.79. The number of carbonyl (C=O) groups excluding carboxylic acids is 1. The van der Waals surface area contributed by atoms with Crippen molar-refractivity contribution in [3.05, 3.63) is 53.9 Å². The molecule has 2 rings (SSSR count). The highest BCUT2D eigenvalue weighted by molar-refractivity contribution is 6.03. The summed E-state index contributed by atoms with van der Waals surface area (Å²) in [5.74, 6) is -1.67. The van der Waals surface area contributed by atoms with Crippen LogP contribution in [-0.4, -0.2) is 10.9 Å². The topological polar surface area (TPSA) is 68.0 Å². The van der Waals surface area contributed by atoms with Crippen LogP contribution in [0.5, 0.6) is 0 Å². The van der Waals surface area contributed by atoms with Gasteiger partial charge in [0.2, 0.25) is 0 Å². The summed E-state index contributed by atoms with van der Waals surface area (Å²) in [6.45, 7) is 0. The monoisotopic (exact) mass is 249 g/mol. The molecule has 3 N–H and O–H groups in total. The number of carbonyl (C=O) groups is 1. The second-order valence-corrected chi connectivity index (χ2v) is 3.59. The van der Waals surface area contributed by atoms with Gasteiger partial charge in [-0.3, -0.25) is 4.79 Å². The molecule has 18 heavy (non-hydrogen) atoms. The first-order valence-corrected chi connectivity index (χ1v) is 5.03. The molecule has 0 bridgehead atoms. The van der Waals surface area contributed by atoms with Crippen LogP contribution in [-0.2, 0) is 0 Å². The molecule has 0 unspecified atom stereocenters. The number of halogens is 2. The fraction of sp³-hybridized carbons (Fsp3) is 0. The Bertz CT molecular complexity index is 564. The SMILES string of the molecule is Nc1cc(F)cc(NC(=O)c2ccc(F)cn2)c1. The van der Waals surface area contributed by atoms with Crippen LogP contribution in [0.15, 0.2) is 36.5 Å². The van der Waals surface area contributed by atoms with E-state index in [1.807, 2.05) is 0 Å². The molecule has 6 heteroatoms. The lowest BCUT2D eigenvalue weighted by Crippen LogP contribution is -2.14. The summed E-state index contributed by atoms with van der Waals surface area (Å²) in [7, 11) is 0. The van der Waals surface area contributed by atoms with Gasteiger partial charge < -0.3 is 11.1 Å². The molecule has 2 aromatic rings. The molecule has 0 saturated heterocycles. The minimum atomic E-state index is -0.569. The number of hydrogen-bond donors (Lipinski definition) is 2. The number of aromatic nitrogens is 1. The molecule has 92 valence electrons. The molecule has 1 heterocycles. The summed E-state index contributed by atoms with van der Waals surface area (Å²) in [6.07, 6.45) is 0.925. The van der Waals surface area contributed by atoms with E-state index in [9.17, 15) is 13.6 Å². The Kier molecular flexibility index (Phi) is 3.18. The first-order chi connectivity index (χ1) is 8.54. The molecule has 1 aromatic heterocycles. The number of amides is 1. The van der Waals surface area contributed by atoms with Crippen LogP contribution in [0.2, 0.25) is 0 Å². The van der Waals surface area contributed by atoms with Gasteiger partial charge in [0.05, 0.1) is 6.20 Å². The smallest absolute Gasteiger partial charge is 0.274 e. The lowest BCUT2D eigenvalue weighted by Gasteiger charge is -2.05. The molecular formula is C12H9F2N3O. The van der Waals surface area contributed by atoms with Crippen molar-refractivity contribution in [1.82, 2.24) is 4.98 Å². The zero-order valence-corrected chi connectivity index (χ0v) is 9.15. The van der Waals surface area contributed by atoms with Gasteiger partial charge in [0.25, 0.3) is 5.91 Å². The van der Waals surface area contributed by atoms with Gasteiger partial charge in [-0.15, -0.1) is 0 Å². The van der Waals surface area contributed by atoms with E-state index in [1.54, 1.807) is 0 Å². The van der Waals surface area contributed by atoms with Crippen LogP contribution in [0.4, 0.5) is 20.2 Å². The average molecular weight is 249 g/mol. The third-order valence-electron chi connectivity index (χ3n) is 2.14. The zero-order chi connectivity index (χ0) is 13.1. The van der Waals surface area contributed by atoms with Gasteiger partial charge >= 0.3 is 0 Å². The van der Waals surface area contributed by atoms with Crippen molar-refractivity contribution in [2.75, 3.05) is 11.1 Å². The lowest BCUT2D eigenvalue weighted by atomic mass is 10.2. The number of pyridine rings is 1. The molecule has 0 spiro atoms. The molecule has 0 aliphatic rings. The molecular weight excluding hydrogens is 240 g/mol. The van der Waals surface area contributed by atoms with E-state index in [1.165, 1.54) is 12.1 Å². The summed E-state index contributed by atoms with van der Waals surface area (Å²) < 4.78 is 25.7. The Morgan fingerprint density at radius 1 is 1.17 bits per heavy atom. The van der Waals surface area contributed by atoms with Gasteiger partial charge in [-0.05, 0) is 30.3 Å². The van der Waals surface area contributed by atoms with Gasteiger partial charge in [0.1, 0.15) is 17.3 Å². The van der Waals surface area contributed by atoms with E-state index in [-0.39, 0.29) is 17.1 Å². The van der Waals surface area contributed by atoms with Crippen molar-refractivity contribution in [1.29, 1.82) is 0 Å². The summed E-state index contributed by atoms with van der Waals surface area (Å²) in [6, 6.07) is 6.00. The normalized spacial score (nSPS) is 10.1. The number of nitrogens with two attached hydrogens (primary N) is 1. The highest BCUT2D eigenvalue weighted by atomic mass is 19.1. The van der Waals surface area contributed by atoms with Gasteiger partial charge in [-0.1, -0.05) is 0 Å². The van der Waals surface area contributed by atoms with E-state index in [4.69, 9.17) is 5.73 Å². The summed E-state index contributed by atoms with van der Waals surface area (Å²) in [4.78, 5) is 15.3. The second-order valence-electron chi connectivity index (χ2n) is 3.59. The van der Waals surface area contributed by atoms with Crippen LogP contribution in [0.1, 0.15) is 10.5 Å². The summed E-state index contributed by atoms with van der Waals surface area (Å²) >= 11 is 0. The van der Waals surface area contributed by atoms with Crippen LogP contribution < -0.4 is 11.1 Å². The van der Waals surface area contributed by atoms with Gasteiger partial charge in [0.15, 0.2) is 0 Å². The summed E-state index contributed by atoms with van der Waals surface area (Å²) in [5.41, 5.74) is 5.87. The van der Waals surface area contributed by atoms with Crippen molar-refractivity contribution in [2.24, 2.45) is 0 Å². The number of hydrogen-bond acceptors (Lipinski definition) is 3. The number of nitrogens with one attached hydrogen (secondary N) is 1. The Hall–Kier alpha value is -2.50. The Balaban J connectivity index is 2.18. The predicted molar refractivity (Wildman–Crippen MR) is 63.0 cm³/mol. The minimum Gasteiger partial charge on any atom is -0.399 e. The third-order valence-corrected chi connectivity index (χ3v) is 2.14. The maximum atomic E-state index is 13.0. The van der Waals surface area contributed by atoms with E-state index >= 15 is 0 Å². The lowest BCUT2D eigenvalue weighted by molar-refractivity contribution is 0.102. The number of anilines is 2. The quantitative estimate of drug-likeness (QED) is 0.801. The average Bonchev–Trinajstić information content (AvgIpc) is 2.28. The first kappa shape index (κ1) is 12.0. The number of rotatable bonds is 2. The third kappa shape index (κ3) is 2.79. The first-order valence-electron chi connectivity index (χ1n) is 5.03. The molecule has 0 radical (unpaired) electrons. The van der Waals surface area contributed by atoms with Crippen LogP contribution in [0, 0.1) is 11.6 Å². The molecule has 0 aliphatic heterocycles. The highest BCUT2D eigenvalue weighted by Crippen LogP contribution is 2.16. The highest BCUT2D eigenvalue weighted by Gasteiger charge is 2.08. The fourth-order valence-electron chi connectivity index (χ4n) is 1.39. The maximum Gasteiger partial charge on any atom is 0.274 e. The van der Waals surface area contributed by atoms with Crippen molar-refractivity contribution in [3.8, 4) is 0 Å². The van der Waals surface area contributed by atoms with E-state index < -0.39 is 17.5 Å². The molecule has 0 fully saturated rings. The minimum absolute atomic E-state index is 0.0271. The number of nitrogen functional groups attached to an aromatic ring is 1. The van der Waals surface area contributed by atoms with Gasteiger partial charge in [-0.2, -0.15) is 0 Å². The van der Waals surface area contributed by atoms with Gasteiger partial charge in [0, 0.05) is 11.4 Å². The van der Waals surface area contributed by atoms with Crippen molar-refractivity contribution >= 4 is 17.3 Å². The Labute approximate surface area is 101 Å². The fourth-order valence-corrected chi connectivity index (χ4v) is 1.39. The van der Waals surface area contributed by atoms with E-state index in [0.29, 0.717) is 0 Å². The Morgan fingerprint density at radius 3 is 2.56 bits per heavy atom. The van der Waals surface area contributed by atoms with Crippen LogP contribution in [0.25, 0.3) is 0 Å². The van der Waals surface area contributed by atoms with Crippen molar-refractivity contribution in [2.45, 2.75) is 0 Å². The molecule has 4 nitrogen and oxygen atoms in total. The van der Waals surface area contributed by atoms with E-state index in [0.717, 1.165) is 24.4 Å². The molecule has 1 amide bonds. The zero-order valence-electron chi connectivity index (χ0n) is 9.15. The van der Waals surface area contributed by atoms with Crippen LogP contribution in [0.3, 0.4) is 0 Å². The molecule has 0 atom stereocenters. The largest absolute Gasteiger partial charge is 0.399 e. The maximum absolute atomic E-state index is 13.0. The molecule has 1 aromatic carbocycles. The van der Waals surface area contributed by atoms with E-state index in [2.05, 4.69) is 10.3 Å². The predicted octanol–water partition coefficient (Wildman–Crippen LogP) is 2.19. The molecule has 0 saturated carbocycles. The summed E-state index contributed by atoms with van der Waals surface area (Å²) in [5, 5.41) is 2.42. The van der Waals surface area contributed by atoms with Crippen LogP contribution >= 0.6 is 0 Å². The standard InChI is InChI=1S/C12H9F2N3O/c13-7-1-2-11(16-6-7)12(18)17-10-4-8(14)3-9(15)5-10/h1-6H,15H2,(H,17,18). The Morgan fingerprint density at radius 2 is 1.94 bits per heavy atom. The number of benzene rings is 1. The van der Waals surface area contributed by atoms with Gasteiger partial charge in [-0.25, -0.2) is 13.8 Å². The van der Waals surface area contributed by atoms with Crippen molar-refractivity contribution in [3.63, 3.8) is 0 Å².